The average Bonchev–Trinajstić information content (AvgIpc) is 3.23. The molecule has 0 aliphatic rings. The van der Waals surface area contributed by atoms with Crippen LogP contribution in [-0.2, 0) is 0 Å². The predicted octanol–water partition coefficient (Wildman–Crippen LogP) is 6.66. The molecule has 0 bridgehead atoms. The summed E-state index contributed by atoms with van der Waals surface area (Å²) in [5, 5.41) is 2.91. The molecule has 1 N–H and O–H groups in total. The van der Waals surface area contributed by atoms with E-state index in [0.29, 0.717) is 35.4 Å². The number of amides is 1. The van der Waals surface area contributed by atoms with E-state index in [-0.39, 0.29) is 5.91 Å². The van der Waals surface area contributed by atoms with Gasteiger partial charge in [0.1, 0.15) is 11.3 Å². The van der Waals surface area contributed by atoms with Gasteiger partial charge in [0.15, 0.2) is 5.58 Å². The second-order valence-corrected chi connectivity index (χ2v) is 7.55. The van der Waals surface area contributed by atoms with Crippen molar-refractivity contribution in [2.24, 2.45) is 0 Å². The maximum Gasteiger partial charge on any atom is 0.255 e. The van der Waals surface area contributed by atoms with Crippen molar-refractivity contribution in [3.8, 4) is 17.2 Å². The second kappa shape index (κ2) is 9.04. The zero-order valence-electron chi connectivity index (χ0n) is 18.0. The average molecular weight is 415 g/mol. The van der Waals surface area contributed by atoms with Gasteiger partial charge in [0.2, 0.25) is 5.89 Å². The van der Waals surface area contributed by atoms with Gasteiger partial charge in [-0.25, -0.2) is 4.98 Å². The van der Waals surface area contributed by atoms with E-state index in [2.05, 4.69) is 36.3 Å². The number of carbonyl (C=O) groups excluding carboxylic acids is 1. The normalized spacial score (nSPS) is 12.0. The molecule has 158 valence electrons. The third-order valence-corrected chi connectivity index (χ3v) is 5.39. The molecule has 1 unspecified atom stereocenters. The monoisotopic (exact) mass is 414 g/mol. The number of nitrogens with zero attached hydrogens (tertiary/aromatic N) is 1. The van der Waals surface area contributed by atoms with E-state index < -0.39 is 0 Å². The molecule has 4 rings (SSSR count). The maximum atomic E-state index is 12.6. The molecule has 0 aliphatic carbocycles. The first-order valence-corrected chi connectivity index (χ1v) is 10.6. The van der Waals surface area contributed by atoms with E-state index in [1.165, 1.54) is 5.56 Å². The van der Waals surface area contributed by atoms with Gasteiger partial charge in [-0.05, 0) is 79.4 Å². The van der Waals surface area contributed by atoms with Crippen LogP contribution in [0.5, 0.6) is 5.75 Å². The molecule has 5 heteroatoms. The molecular weight excluding hydrogens is 388 g/mol. The standard InChI is InChI=1S/C26H26N2O3/c1-4-17(3)19-11-14-24-23(16-19)28-26(31-24)18-9-12-21(13-10-18)27-25(29)20-7-6-8-22(15-20)30-5-2/h6-17H,4-5H2,1-3H3,(H,27,29). The SMILES string of the molecule is CCOc1cccc(C(=O)Nc2ccc(-c3nc4cc(C(C)CC)ccc4o3)cc2)c1. The highest BCUT2D eigenvalue weighted by Crippen LogP contribution is 2.28. The number of hydrogen-bond donors (Lipinski definition) is 1. The summed E-state index contributed by atoms with van der Waals surface area (Å²) < 4.78 is 11.4. The van der Waals surface area contributed by atoms with Crippen LogP contribution in [0.3, 0.4) is 0 Å². The molecule has 5 nitrogen and oxygen atoms in total. The lowest BCUT2D eigenvalue weighted by Gasteiger charge is -2.08. The van der Waals surface area contributed by atoms with Gasteiger partial charge in [-0.2, -0.15) is 0 Å². The van der Waals surface area contributed by atoms with Crippen molar-refractivity contribution >= 4 is 22.7 Å². The third kappa shape index (κ3) is 4.61. The highest BCUT2D eigenvalue weighted by molar-refractivity contribution is 6.04. The number of rotatable bonds is 7. The lowest BCUT2D eigenvalue weighted by atomic mass is 9.98. The van der Waals surface area contributed by atoms with Crippen LogP contribution < -0.4 is 10.1 Å². The number of carbonyl (C=O) groups is 1. The summed E-state index contributed by atoms with van der Waals surface area (Å²) in [5.74, 6) is 1.55. The lowest BCUT2D eigenvalue weighted by molar-refractivity contribution is 0.102. The van der Waals surface area contributed by atoms with Gasteiger partial charge in [0.25, 0.3) is 5.91 Å². The van der Waals surface area contributed by atoms with E-state index >= 15 is 0 Å². The largest absolute Gasteiger partial charge is 0.494 e. The third-order valence-electron chi connectivity index (χ3n) is 5.39. The number of anilines is 1. The van der Waals surface area contributed by atoms with Crippen LogP contribution in [0.25, 0.3) is 22.6 Å². The fourth-order valence-electron chi connectivity index (χ4n) is 3.40. The van der Waals surface area contributed by atoms with Crippen LogP contribution in [0.2, 0.25) is 0 Å². The number of hydrogen-bond acceptors (Lipinski definition) is 4. The molecule has 0 saturated heterocycles. The van der Waals surface area contributed by atoms with Gasteiger partial charge in [-0.3, -0.25) is 4.79 Å². The Kier molecular flexibility index (Phi) is 6.03. The van der Waals surface area contributed by atoms with Crippen LogP contribution in [0.1, 0.15) is 49.0 Å². The first-order valence-electron chi connectivity index (χ1n) is 10.6. The Morgan fingerprint density at radius 3 is 2.61 bits per heavy atom. The predicted molar refractivity (Wildman–Crippen MR) is 124 cm³/mol. The number of ether oxygens (including phenoxy) is 1. The van der Waals surface area contributed by atoms with Crippen molar-refractivity contribution in [3.63, 3.8) is 0 Å². The van der Waals surface area contributed by atoms with Gasteiger partial charge in [-0.1, -0.05) is 26.0 Å². The minimum atomic E-state index is -0.186. The van der Waals surface area contributed by atoms with E-state index in [4.69, 9.17) is 9.15 Å². The van der Waals surface area contributed by atoms with E-state index in [1.54, 1.807) is 12.1 Å². The summed E-state index contributed by atoms with van der Waals surface area (Å²) >= 11 is 0. The van der Waals surface area contributed by atoms with Gasteiger partial charge in [0.05, 0.1) is 6.61 Å². The van der Waals surface area contributed by atoms with Crippen molar-refractivity contribution in [2.45, 2.75) is 33.1 Å². The van der Waals surface area contributed by atoms with Crippen molar-refractivity contribution in [3.05, 3.63) is 77.9 Å². The van der Waals surface area contributed by atoms with Crippen molar-refractivity contribution in [1.29, 1.82) is 0 Å². The maximum absolute atomic E-state index is 12.6. The Hall–Kier alpha value is -3.60. The molecule has 1 amide bonds. The minimum absolute atomic E-state index is 0.186. The fourth-order valence-corrected chi connectivity index (χ4v) is 3.40. The molecule has 1 atom stereocenters. The smallest absolute Gasteiger partial charge is 0.255 e. The second-order valence-electron chi connectivity index (χ2n) is 7.55. The number of nitrogens with one attached hydrogen (secondary N) is 1. The van der Waals surface area contributed by atoms with Gasteiger partial charge >= 0.3 is 0 Å². The van der Waals surface area contributed by atoms with Crippen LogP contribution in [0, 0.1) is 0 Å². The van der Waals surface area contributed by atoms with Crippen LogP contribution in [-0.4, -0.2) is 17.5 Å². The molecule has 0 fully saturated rings. The van der Waals surface area contributed by atoms with Crippen molar-refractivity contribution < 1.29 is 13.9 Å². The Bertz CT molecular complexity index is 1190. The minimum Gasteiger partial charge on any atom is -0.494 e. The molecule has 0 saturated carbocycles. The summed E-state index contributed by atoms with van der Waals surface area (Å²) in [7, 11) is 0. The van der Waals surface area contributed by atoms with E-state index in [0.717, 1.165) is 23.1 Å². The van der Waals surface area contributed by atoms with Crippen LogP contribution in [0.4, 0.5) is 5.69 Å². The molecular formula is C26H26N2O3. The number of aromatic nitrogens is 1. The van der Waals surface area contributed by atoms with Crippen molar-refractivity contribution in [2.75, 3.05) is 11.9 Å². The quantitative estimate of drug-likeness (QED) is 0.367. The molecule has 1 aromatic heterocycles. The Balaban J connectivity index is 1.50. The van der Waals surface area contributed by atoms with Gasteiger partial charge < -0.3 is 14.5 Å². The number of oxazole rings is 1. The molecule has 4 aromatic rings. The van der Waals surface area contributed by atoms with Crippen LogP contribution in [0.15, 0.2) is 71.1 Å². The fraction of sp³-hybridized carbons (Fsp3) is 0.231. The zero-order chi connectivity index (χ0) is 21.8. The first kappa shape index (κ1) is 20.7. The first-order chi connectivity index (χ1) is 15.1. The zero-order valence-corrected chi connectivity index (χ0v) is 18.0. The number of benzene rings is 3. The highest BCUT2D eigenvalue weighted by atomic mass is 16.5. The lowest BCUT2D eigenvalue weighted by Crippen LogP contribution is -2.11. The molecule has 0 radical (unpaired) electrons. The summed E-state index contributed by atoms with van der Waals surface area (Å²) in [5.41, 5.74) is 5.00. The molecule has 3 aromatic carbocycles. The molecule has 0 spiro atoms. The summed E-state index contributed by atoms with van der Waals surface area (Å²) in [6.45, 7) is 6.86. The molecule has 0 aliphatic heterocycles. The van der Waals surface area contributed by atoms with E-state index in [9.17, 15) is 4.79 Å². The van der Waals surface area contributed by atoms with Crippen LogP contribution >= 0.6 is 0 Å². The van der Waals surface area contributed by atoms with E-state index in [1.807, 2.05) is 49.4 Å². The molecule has 1 heterocycles. The Morgan fingerprint density at radius 2 is 1.87 bits per heavy atom. The van der Waals surface area contributed by atoms with Gasteiger partial charge in [0, 0.05) is 16.8 Å². The Morgan fingerprint density at radius 1 is 1.06 bits per heavy atom. The van der Waals surface area contributed by atoms with Gasteiger partial charge in [-0.15, -0.1) is 0 Å². The Labute approximate surface area is 182 Å². The summed E-state index contributed by atoms with van der Waals surface area (Å²) in [6.07, 6.45) is 1.08. The summed E-state index contributed by atoms with van der Waals surface area (Å²) in [6, 6.07) is 20.8. The summed E-state index contributed by atoms with van der Waals surface area (Å²) in [4.78, 5) is 17.2. The molecule has 31 heavy (non-hydrogen) atoms. The van der Waals surface area contributed by atoms with Crippen molar-refractivity contribution in [1.82, 2.24) is 4.98 Å². The topological polar surface area (TPSA) is 64.4 Å². The highest BCUT2D eigenvalue weighted by Gasteiger charge is 2.12. The number of fused-ring (bicyclic) bond motifs is 1.